The highest BCUT2D eigenvalue weighted by Crippen LogP contribution is 2.24. The van der Waals surface area contributed by atoms with Gasteiger partial charge in [0.15, 0.2) is 0 Å². The fourth-order valence-electron chi connectivity index (χ4n) is 1.92. The van der Waals surface area contributed by atoms with E-state index in [2.05, 4.69) is 10.4 Å². The molecule has 19 heavy (non-hydrogen) atoms. The second kappa shape index (κ2) is 7.17. The topological polar surface area (TPSA) is 56.1 Å². The van der Waals surface area contributed by atoms with Crippen molar-refractivity contribution < 1.29 is 4.74 Å². The molecular weight excluding hydrogens is 286 g/mol. The molecule has 1 aromatic rings. The molecule has 2 heterocycles. The molecule has 1 fully saturated rings. The number of nitrogens with zero attached hydrogens (tertiary/aromatic N) is 2. The molecule has 1 unspecified atom stereocenters. The van der Waals surface area contributed by atoms with E-state index < -0.39 is 0 Å². The highest BCUT2D eigenvalue weighted by Gasteiger charge is 2.16. The lowest BCUT2D eigenvalue weighted by Gasteiger charge is -2.13. The molecule has 1 saturated heterocycles. The van der Waals surface area contributed by atoms with Gasteiger partial charge < -0.3 is 10.1 Å². The van der Waals surface area contributed by atoms with E-state index in [4.69, 9.17) is 16.3 Å². The Bertz CT molecular complexity index is 475. The first kappa shape index (κ1) is 14.7. The molecule has 1 aromatic heterocycles. The molecule has 0 amide bonds. The van der Waals surface area contributed by atoms with Crippen molar-refractivity contribution in [2.75, 3.05) is 37.1 Å². The van der Waals surface area contributed by atoms with Crippen LogP contribution < -0.4 is 10.9 Å². The van der Waals surface area contributed by atoms with Crippen molar-refractivity contribution in [1.82, 2.24) is 9.78 Å². The van der Waals surface area contributed by atoms with Crippen molar-refractivity contribution in [3.63, 3.8) is 0 Å². The number of ether oxygens (including phenoxy) is 1. The largest absolute Gasteiger partial charge is 0.383 e. The molecule has 1 aliphatic rings. The lowest BCUT2D eigenvalue weighted by Crippen LogP contribution is -2.26. The van der Waals surface area contributed by atoms with Gasteiger partial charge in [-0.15, -0.1) is 0 Å². The second-order valence-electron chi connectivity index (χ2n) is 4.50. The number of halogens is 1. The minimum atomic E-state index is -0.274. The summed E-state index contributed by atoms with van der Waals surface area (Å²) in [5.41, 5.74) is 0.349. The molecule has 0 spiro atoms. The Hall–Kier alpha value is -0.720. The molecule has 0 aliphatic carbocycles. The number of hydrogen-bond acceptors (Lipinski definition) is 5. The Morgan fingerprint density at radius 1 is 1.68 bits per heavy atom. The minimum Gasteiger partial charge on any atom is -0.383 e. The Labute approximate surface area is 121 Å². The lowest BCUT2D eigenvalue weighted by molar-refractivity contribution is 0.182. The Morgan fingerprint density at radius 2 is 2.53 bits per heavy atom. The van der Waals surface area contributed by atoms with Crippen LogP contribution in [0, 0.1) is 5.92 Å². The van der Waals surface area contributed by atoms with Crippen LogP contribution in [0.4, 0.5) is 5.69 Å². The maximum absolute atomic E-state index is 12.0. The van der Waals surface area contributed by atoms with Crippen LogP contribution in [0.25, 0.3) is 0 Å². The molecule has 2 rings (SSSR count). The van der Waals surface area contributed by atoms with Gasteiger partial charge in [0.25, 0.3) is 5.56 Å². The molecule has 106 valence electrons. The zero-order chi connectivity index (χ0) is 13.7. The fraction of sp³-hybridized carbons (Fsp3) is 0.667. The average molecular weight is 304 g/mol. The van der Waals surface area contributed by atoms with Crippen LogP contribution in [0.3, 0.4) is 0 Å². The van der Waals surface area contributed by atoms with Crippen LogP contribution in [0.1, 0.15) is 6.42 Å². The molecule has 0 aromatic carbocycles. The van der Waals surface area contributed by atoms with Gasteiger partial charge in [-0.25, -0.2) is 4.68 Å². The number of anilines is 1. The maximum atomic E-state index is 12.0. The fourth-order valence-corrected chi connectivity index (χ4v) is 3.42. The van der Waals surface area contributed by atoms with E-state index in [1.165, 1.54) is 22.6 Å². The predicted octanol–water partition coefficient (Wildman–Crippen LogP) is 1.71. The molecule has 5 nitrogen and oxygen atoms in total. The first-order valence-corrected chi connectivity index (χ1v) is 7.82. The van der Waals surface area contributed by atoms with Gasteiger partial charge in [0.1, 0.15) is 5.02 Å². The summed E-state index contributed by atoms with van der Waals surface area (Å²) in [4.78, 5) is 12.0. The molecule has 0 bridgehead atoms. The third-order valence-electron chi connectivity index (χ3n) is 3.10. The van der Waals surface area contributed by atoms with Crippen LogP contribution in [-0.2, 0) is 11.3 Å². The summed E-state index contributed by atoms with van der Waals surface area (Å²) in [6.07, 6.45) is 2.83. The maximum Gasteiger partial charge on any atom is 0.287 e. The molecule has 0 saturated carbocycles. The summed E-state index contributed by atoms with van der Waals surface area (Å²) in [6.45, 7) is 1.69. The average Bonchev–Trinajstić information content (AvgIpc) is 2.92. The van der Waals surface area contributed by atoms with Gasteiger partial charge in [-0.2, -0.15) is 16.9 Å². The monoisotopic (exact) mass is 303 g/mol. The van der Waals surface area contributed by atoms with Crippen molar-refractivity contribution in [2.24, 2.45) is 5.92 Å². The molecule has 7 heteroatoms. The zero-order valence-corrected chi connectivity index (χ0v) is 12.5. The number of aromatic nitrogens is 2. The molecule has 1 aliphatic heterocycles. The van der Waals surface area contributed by atoms with Gasteiger partial charge in [-0.05, 0) is 23.8 Å². The van der Waals surface area contributed by atoms with Crippen LogP contribution in [0.15, 0.2) is 11.0 Å². The van der Waals surface area contributed by atoms with Crippen LogP contribution >= 0.6 is 23.4 Å². The van der Waals surface area contributed by atoms with Gasteiger partial charge >= 0.3 is 0 Å². The molecular formula is C12H18ClN3O2S. The van der Waals surface area contributed by atoms with Crippen LogP contribution in [0.2, 0.25) is 5.02 Å². The zero-order valence-electron chi connectivity index (χ0n) is 10.9. The van der Waals surface area contributed by atoms with Gasteiger partial charge in [-0.1, -0.05) is 11.6 Å². The second-order valence-corrected chi connectivity index (χ2v) is 6.03. The summed E-state index contributed by atoms with van der Waals surface area (Å²) < 4.78 is 6.25. The van der Waals surface area contributed by atoms with E-state index in [-0.39, 0.29) is 10.6 Å². The van der Waals surface area contributed by atoms with Gasteiger partial charge in [-0.3, -0.25) is 4.79 Å². The summed E-state index contributed by atoms with van der Waals surface area (Å²) in [5.74, 6) is 3.04. The van der Waals surface area contributed by atoms with Gasteiger partial charge in [0.05, 0.1) is 25.0 Å². The number of methoxy groups -OCH3 is 1. The quantitative estimate of drug-likeness (QED) is 0.867. The first-order chi connectivity index (χ1) is 9.22. The number of thioether (sulfide) groups is 1. The summed E-state index contributed by atoms with van der Waals surface area (Å²) >= 11 is 8.05. The first-order valence-electron chi connectivity index (χ1n) is 6.28. The standard InChI is InChI=1S/C12H18ClN3O2S/c1-18-4-3-16-12(17)11(13)10(7-15-16)14-6-9-2-5-19-8-9/h7,9,14H,2-6,8H2,1H3. The highest BCUT2D eigenvalue weighted by molar-refractivity contribution is 7.99. The van der Waals surface area contributed by atoms with Gasteiger partial charge in [0, 0.05) is 13.7 Å². The summed E-state index contributed by atoms with van der Waals surface area (Å²) in [7, 11) is 1.59. The van der Waals surface area contributed by atoms with Crippen molar-refractivity contribution in [3.05, 3.63) is 21.6 Å². The van der Waals surface area contributed by atoms with E-state index in [1.54, 1.807) is 13.3 Å². The van der Waals surface area contributed by atoms with Crippen molar-refractivity contribution in [3.8, 4) is 0 Å². The number of hydrogen-bond donors (Lipinski definition) is 1. The third kappa shape index (κ3) is 3.87. The number of rotatable bonds is 6. The van der Waals surface area contributed by atoms with Gasteiger partial charge in [0.2, 0.25) is 0 Å². The predicted molar refractivity (Wildman–Crippen MR) is 79.3 cm³/mol. The van der Waals surface area contributed by atoms with E-state index in [0.29, 0.717) is 24.8 Å². The lowest BCUT2D eigenvalue weighted by atomic mass is 10.1. The molecule has 0 radical (unpaired) electrons. The van der Waals surface area contributed by atoms with Crippen molar-refractivity contribution in [1.29, 1.82) is 0 Å². The highest BCUT2D eigenvalue weighted by atomic mass is 35.5. The Balaban J connectivity index is 2.01. The Morgan fingerprint density at radius 3 is 3.21 bits per heavy atom. The van der Waals surface area contributed by atoms with Crippen LogP contribution in [-0.4, -0.2) is 41.5 Å². The SMILES string of the molecule is COCCn1ncc(NCC2CCSC2)c(Cl)c1=O. The van der Waals surface area contributed by atoms with Crippen molar-refractivity contribution in [2.45, 2.75) is 13.0 Å². The summed E-state index contributed by atoms with van der Waals surface area (Å²) in [6, 6.07) is 0. The van der Waals surface area contributed by atoms with E-state index in [9.17, 15) is 4.79 Å². The third-order valence-corrected chi connectivity index (χ3v) is 4.69. The molecule has 1 N–H and O–H groups in total. The van der Waals surface area contributed by atoms with E-state index >= 15 is 0 Å². The summed E-state index contributed by atoms with van der Waals surface area (Å²) in [5, 5.41) is 7.53. The normalized spacial score (nSPS) is 18.7. The Kier molecular flexibility index (Phi) is 5.54. The van der Waals surface area contributed by atoms with Crippen molar-refractivity contribution >= 4 is 29.1 Å². The number of nitrogens with one attached hydrogen (secondary N) is 1. The van der Waals surface area contributed by atoms with E-state index in [0.717, 1.165) is 6.54 Å². The van der Waals surface area contributed by atoms with E-state index in [1.807, 2.05) is 11.8 Å². The van der Waals surface area contributed by atoms with Crippen LogP contribution in [0.5, 0.6) is 0 Å². The smallest absolute Gasteiger partial charge is 0.287 e. The minimum absolute atomic E-state index is 0.205. The molecule has 1 atom stereocenters.